The van der Waals surface area contributed by atoms with Crippen molar-refractivity contribution in [3.8, 4) is 0 Å². The molecule has 1 unspecified atom stereocenters. The molecule has 0 aromatic rings. The monoisotopic (exact) mass is 193 g/mol. The van der Waals surface area contributed by atoms with Crippen molar-refractivity contribution in [2.75, 3.05) is 13.2 Å². The van der Waals surface area contributed by atoms with Crippen molar-refractivity contribution in [1.82, 2.24) is 5.32 Å². The van der Waals surface area contributed by atoms with Gasteiger partial charge in [-0.2, -0.15) is 0 Å². The molecular formula is C12H19NO. The van der Waals surface area contributed by atoms with Gasteiger partial charge in [-0.15, -0.1) is 0 Å². The molecule has 0 aromatic heterocycles. The van der Waals surface area contributed by atoms with E-state index in [-0.39, 0.29) is 0 Å². The molecule has 1 N–H and O–H groups in total. The molecule has 2 heteroatoms. The van der Waals surface area contributed by atoms with E-state index in [0.717, 1.165) is 18.7 Å². The zero-order valence-corrected chi connectivity index (χ0v) is 9.05. The van der Waals surface area contributed by atoms with Crippen LogP contribution < -0.4 is 5.32 Å². The summed E-state index contributed by atoms with van der Waals surface area (Å²) in [6.07, 6.45) is 7.39. The standard InChI is InChI=1S/C12H19NO/c1-4-5-6-7-12-10(2)8-14-9-11(3)13-12/h5-7,10,13H,3-4,8-9H2,1-2H3/b6-5-,12-7+. The summed E-state index contributed by atoms with van der Waals surface area (Å²) in [5.41, 5.74) is 2.13. The molecule has 0 aliphatic carbocycles. The molecule has 0 spiro atoms. The fraction of sp³-hybridized carbons (Fsp3) is 0.500. The number of allylic oxidation sites excluding steroid dienone is 3. The molecular weight excluding hydrogens is 174 g/mol. The zero-order chi connectivity index (χ0) is 10.4. The van der Waals surface area contributed by atoms with E-state index in [1.807, 2.05) is 0 Å². The average Bonchev–Trinajstić information content (AvgIpc) is 2.30. The van der Waals surface area contributed by atoms with E-state index in [4.69, 9.17) is 4.74 Å². The van der Waals surface area contributed by atoms with Gasteiger partial charge >= 0.3 is 0 Å². The minimum absolute atomic E-state index is 0.413. The van der Waals surface area contributed by atoms with Crippen LogP contribution >= 0.6 is 0 Å². The van der Waals surface area contributed by atoms with E-state index in [1.165, 1.54) is 5.70 Å². The largest absolute Gasteiger partial charge is 0.375 e. The van der Waals surface area contributed by atoms with E-state index in [9.17, 15) is 0 Å². The first-order valence-corrected chi connectivity index (χ1v) is 5.13. The van der Waals surface area contributed by atoms with Gasteiger partial charge in [0.1, 0.15) is 0 Å². The highest BCUT2D eigenvalue weighted by Gasteiger charge is 2.13. The van der Waals surface area contributed by atoms with Gasteiger partial charge < -0.3 is 10.1 Å². The highest BCUT2D eigenvalue weighted by Crippen LogP contribution is 2.13. The van der Waals surface area contributed by atoms with E-state index in [2.05, 4.69) is 44.0 Å². The van der Waals surface area contributed by atoms with Crippen molar-refractivity contribution in [3.05, 3.63) is 36.2 Å². The van der Waals surface area contributed by atoms with Crippen LogP contribution in [0.2, 0.25) is 0 Å². The van der Waals surface area contributed by atoms with Crippen LogP contribution in [0.25, 0.3) is 0 Å². The Bertz CT molecular complexity index is 253. The van der Waals surface area contributed by atoms with Crippen molar-refractivity contribution in [3.63, 3.8) is 0 Å². The van der Waals surface area contributed by atoms with E-state index < -0.39 is 0 Å². The zero-order valence-electron chi connectivity index (χ0n) is 9.05. The first-order chi connectivity index (χ1) is 6.74. The third-order valence-electron chi connectivity index (χ3n) is 2.14. The maximum atomic E-state index is 5.43. The van der Waals surface area contributed by atoms with Crippen LogP contribution in [0.15, 0.2) is 36.2 Å². The summed E-state index contributed by atoms with van der Waals surface area (Å²) < 4.78 is 5.43. The molecule has 1 aliphatic heterocycles. The smallest absolute Gasteiger partial charge is 0.0860 e. The number of hydrogen-bond acceptors (Lipinski definition) is 2. The van der Waals surface area contributed by atoms with Gasteiger partial charge in [0.2, 0.25) is 0 Å². The quantitative estimate of drug-likeness (QED) is 0.728. The topological polar surface area (TPSA) is 21.3 Å². The van der Waals surface area contributed by atoms with Gasteiger partial charge in [-0.1, -0.05) is 32.6 Å². The second-order valence-corrected chi connectivity index (χ2v) is 3.60. The van der Waals surface area contributed by atoms with Crippen molar-refractivity contribution >= 4 is 0 Å². The first kappa shape index (κ1) is 11.1. The summed E-state index contributed by atoms with van der Waals surface area (Å²) in [6, 6.07) is 0. The van der Waals surface area contributed by atoms with Crippen LogP contribution in [-0.4, -0.2) is 13.2 Å². The predicted octanol–water partition coefficient (Wildman–Crippen LogP) is 2.61. The molecule has 0 amide bonds. The third kappa shape index (κ3) is 3.38. The predicted molar refractivity (Wildman–Crippen MR) is 59.8 cm³/mol. The van der Waals surface area contributed by atoms with Crippen LogP contribution in [-0.2, 0) is 4.74 Å². The van der Waals surface area contributed by atoms with Gasteiger partial charge in [-0.3, -0.25) is 0 Å². The van der Waals surface area contributed by atoms with Gasteiger partial charge in [-0.25, -0.2) is 0 Å². The van der Waals surface area contributed by atoms with Crippen LogP contribution in [0, 0.1) is 5.92 Å². The average molecular weight is 193 g/mol. The number of ether oxygens (including phenoxy) is 1. The highest BCUT2D eigenvalue weighted by atomic mass is 16.5. The van der Waals surface area contributed by atoms with Crippen molar-refractivity contribution in [2.24, 2.45) is 5.92 Å². The maximum absolute atomic E-state index is 5.43. The van der Waals surface area contributed by atoms with Crippen LogP contribution in [0.3, 0.4) is 0 Å². The molecule has 2 nitrogen and oxygen atoms in total. The second-order valence-electron chi connectivity index (χ2n) is 3.60. The lowest BCUT2D eigenvalue weighted by molar-refractivity contribution is 0.142. The molecule has 0 saturated carbocycles. The Morgan fingerprint density at radius 1 is 1.64 bits per heavy atom. The highest BCUT2D eigenvalue weighted by molar-refractivity contribution is 5.18. The molecule has 14 heavy (non-hydrogen) atoms. The van der Waals surface area contributed by atoms with E-state index in [0.29, 0.717) is 12.5 Å². The molecule has 1 atom stereocenters. The summed E-state index contributed by atoms with van der Waals surface area (Å²) in [4.78, 5) is 0. The summed E-state index contributed by atoms with van der Waals surface area (Å²) in [7, 11) is 0. The first-order valence-electron chi connectivity index (χ1n) is 5.13. The van der Waals surface area contributed by atoms with Crippen LogP contribution in [0.1, 0.15) is 20.3 Å². The van der Waals surface area contributed by atoms with Crippen molar-refractivity contribution in [1.29, 1.82) is 0 Å². The Hall–Kier alpha value is -1.02. The van der Waals surface area contributed by atoms with E-state index in [1.54, 1.807) is 0 Å². The van der Waals surface area contributed by atoms with Gasteiger partial charge in [0.25, 0.3) is 0 Å². The molecule has 78 valence electrons. The lowest BCUT2D eigenvalue weighted by Crippen LogP contribution is -2.16. The van der Waals surface area contributed by atoms with Crippen molar-refractivity contribution in [2.45, 2.75) is 20.3 Å². The Kier molecular flexibility index (Phi) is 4.47. The third-order valence-corrected chi connectivity index (χ3v) is 2.14. The number of nitrogens with one attached hydrogen (secondary N) is 1. The lowest BCUT2D eigenvalue weighted by atomic mass is 10.1. The molecule has 1 saturated heterocycles. The lowest BCUT2D eigenvalue weighted by Gasteiger charge is -2.12. The second kappa shape index (κ2) is 5.66. The van der Waals surface area contributed by atoms with Crippen molar-refractivity contribution < 1.29 is 4.74 Å². The molecule has 0 bridgehead atoms. The minimum Gasteiger partial charge on any atom is -0.375 e. The van der Waals surface area contributed by atoms with E-state index >= 15 is 0 Å². The normalized spacial score (nSPS) is 26.6. The summed E-state index contributed by atoms with van der Waals surface area (Å²) in [5.74, 6) is 0.413. The summed E-state index contributed by atoms with van der Waals surface area (Å²) in [5, 5.41) is 3.28. The fourth-order valence-electron chi connectivity index (χ4n) is 1.33. The Balaban J connectivity index is 2.66. The summed E-state index contributed by atoms with van der Waals surface area (Å²) in [6.45, 7) is 9.53. The van der Waals surface area contributed by atoms with Gasteiger partial charge in [0.15, 0.2) is 0 Å². The summed E-state index contributed by atoms with van der Waals surface area (Å²) >= 11 is 0. The Morgan fingerprint density at radius 2 is 2.43 bits per heavy atom. The Labute approximate surface area is 86.3 Å². The van der Waals surface area contributed by atoms with Gasteiger partial charge in [-0.05, 0) is 12.5 Å². The van der Waals surface area contributed by atoms with Gasteiger partial charge in [0, 0.05) is 17.3 Å². The molecule has 0 aromatic carbocycles. The molecule has 1 fully saturated rings. The van der Waals surface area contributed by atoms with Gasteiger partial charge in [0.05, 0.1) is 13.2 Å². The number of hydrogen-bond donors (Lipinski definition) is 1. The molecule has 1 heterocycles. The van der Waals surface area contributed by atoms with Crippen LogP contribution in [0.5, 0.6) is 0 Å². The molecule has 0 radical (unpaired) electrons. The van der Waals surface area contributed by atoms with Crippen LogP contribution in [0.4, 0.5) is 0 Å². The number of rotatable bonds is 2. The minimum atomic E-state index is 0.413. The SMILES string of the molecule is C=C1COCC(C)/C(=C\C=C/CC)N1. The molecule has 1 rings (SSSR count). The fourth-order valence-corrected chi connectivity index (χ4v) is 1.33. The maximum Gasteiger partial charge on any atom is 0.0860 e. The molecule has 1 aliphatic rings. The Morgan fingerprint density at radius 3 is 3.14 bits per heavy atom.